The summed E-state index contributed by atoms with van der Waals surface area (Å²) in [6, 6.07) is 7.71. The van der Waals surface area contributed by atoms with E-state index >= 15 is 0 Å². The van der Waals surface area contributed by atoms with Gasteiger partial charge in [0.15, 0.2) is 0 Å². The molecule has 1 N–H and O–H groups in total. The SMILES string of the molecule is CCOc1ccc(S(=O)(=O)NC(=O)CCCn2cccn2)cc1. The van der Waals surface area contributed by atoms with E-state index in [1.807, 2.05) is 6.92 Å². The minimum atomic E-state index is -3.85. The van der Waals surface area contributed by atoms with Crippen LogP contribution in [0.3, 0.4) is 0 Å². The number of hydrogen-bond acceptors (Lipinski definition) is 5. The van der Waals surface area contributed by atoms with Crippen LogP contribution in [0.4, 0.5) is 0 Å². The highest BCUT2D eigenvalue weighted by molar-refractivity contribution is 7.90. The Kier molecular flexibility index (Phi) is 5.75. The van der Waals surface area contributed by atoms with Crippen LogP contribution in [0.25, 0.3) is 0 Å². The van der Waals surface area contributed by atoms with E-state index in [1.165, 1.54) is 12.1 Å². The first-order valence-electron chi connectivity index (χ1n) is 7.27. The lowest BCUT2D eigenvalue weighted by atomic mass is 10.3. The molecule has 0 saturated heterocycles. The Morgan fingerprint density at radius 1 is 1.30 bits per heavy atom. The van der Waals surface area contributed by atoms with Gasteiger partial charge >= 0.3 is 0 Å². The Morgan fingerprint density at radius 2 is 2.04 bits per heavy atom. The van der Waals surface area contributed by atoms with Crippen molar-refractivity contribution in [2.24, 2.45) is 0 Å². The molecule has 0 aliphatic heterocycles. The van der Waals surface area contributed by atoms with E-state index in [0.717, 1.165) is 0 Å². The average molecular weight is 337 g/mol. The number of benzene rings is 1. The number of ether oxygens (including phenoxy) is 1. The molecule has 0 spiro atoms. The molecule has 1 heterocycles. The fourth-order valence-electron chi connectivity index (χ4n) is 1.98. The molecule has 0 saturated carbocycles. The topological polar surface area (TPSA) is 90.3 Å². The molecule has 1 aromatic heterocycles. The van der Waals surface area contributed by atoms with Crippen LogP contribution in [0.2, 0.25) is 0 Å². The van der Waals surface area contributed by atoms with Crippen LogP contribution >= 0.6 is 0 Å². The number of rotatable bonds is 8. The molecule has 0 radical (unpaired) electrons. The zero-order chi connectivity index (χ0) is 16.7. The van der Waals surface area contributed by atoms with Crippen molar-refractivity contribution >= 4 is 15.9 Å². The number of nitrogens with zero attached hydrogens (tertiary/aromatic N) is 2. The van der Waals surface area contributed by atoms with E-state index < -0.39 is 15.9 Å². The van der Waals surface area contributed by atoms with Gasteiger partial charge in [0.2, 0.25) is 5.91 Å². The van der Waals surface area contributed by atoms with Gasteiger partial charge in [-0.15, -0.1) is 0 Å². The molecule has 0 bridgehead atoms. The Bertz CT molecular complexity index is 725. The molecular formula is C15H19N3O4S. The van der Waals surface area contributed by atoms with Crippen LogP contribution in [-0.2, 0) is 21.4 Å². The van der Waals surface area contributed by atoms with Crippen molar-refractivity contribution in [3.05, 3.63) is 42.7 Å². The third kappa shape index (κ3) is 5.10. The van der Waals surface area contributed by atoms with Gasteiger partial charge in [-0.2, -0.15) is 5.10 Å². The standard InChI is InChI=1S/C15H19N3O4S/c1-2-22-13-6-8-14(9-7-13)23(20,21)17-15(19)5-3-11-18-12-4-10-16-18/h4,6-10,12H,2-3,5,11H2,1H3,(H,17,19). The van der Waals surface area contributed by atoms with Crippen molar-refractivity contribution in [1.82, 2.24) is 14.5 Å². The quantitative estimate of drug-likeness (QED) is 0.789. The number of nitrogens with one attached hydrogen (secondary N) is 1. The van der Waals surface area contributed by atoms with E-state index in [2.05, 4.69) is 9.82 Å². The van der Waals surface area contributed by atoms with E-state index in [0.29, 0.717) is 25.3 Å². The number of carbonyl (C=O) groups excluding carboxylic acids is 1. The summed E-state index contributed by atoms with van der Waals surface area (Å²) in [7, 11) is -3.85. The summed E-state index contributed by atoms with van der Waals surface area (Å²) in [5.74, 6) is 0.0445. The predicted octanol–water partition coefficient (Wildman–Crippen LogP) is 1.57. The molecule has 0 unspecified atom stereocenters. The van der Waals surface area contributed by atoms with Gasteiger partial charge in [-0.05, 0) is 43.7 Å². The van der Waals surface area contributed by atoms with E-state index in [4.69, 9.17) is 4.74 Å². The maximum Gasteiger partial charge on any atom is 0.264 e. The van der Waals surface area contributed by atoms with Crippen molar-refractivity contribution in [2.75, 3.05) is 6.61 Å². The number of carbonyl (C=O) groups is 1. The van der Waals surface area contributed by atoms with Gasteiger partial charge < -0.3 is 4.74 Å². The second-order valence-corrected chi connectivity index (χ2v) is 6.49. The van der Waals surface area contributed by atoms with Crippen LogP contribution in [-0.4, -0.2) is 30.7 Å². The second kappa shape index (κ2) is 7.77. The summed E-state index contributed by atoms with van der Waals surface area (Å²) in [6.45, 7) is 2.90. The van der Waals surface area contributed by atoms with Crippen LogP contribution in [0.5, 0.6) is 5.75 Å². The maximum atomic E-state index is 12.1. The molecule has 23 heavy (non-hydrogen) atoms. The number of hydrogen-bond donors (Lipinski definition) is 1. The van der Waals surface area contributed by atoms with Gasteiger partial charge in [0, 0.05) is 25.4 Å². The van der Waals surface area contributed by atoms with Crippen molar-refractivity contribution in [3.63, 3.8) is 0 Å². The normalized spacial score (nSPS) is 11.2. The fourth-order valence-corrected chi connectivity index (χ4v) is 2.99. The van der Waals surface area contributed by atoms with Crippen LogP contribution in [0, 0.1) is 0 Å². The summed E-state index contributed by atoms with van der Waals surface area (Å²) >= 11 is 0. The highest BCUT2D eigenvalue weighted by atomic mass is 32.2. The zero-order valence-corrected chi connectivity index (χ0v) is 13.6. The van der Waals surface area contributed by atoms with Crippen molar-refractivity contribution in [3.8, 4) is 5.75 Å². The first kappa shape index (κ1) is 17.0. The summed E-state index contributed by atoms with van der Waals surface area (Å²) in [5.41, 5.74) is 0. The number of amides is 1. The lowest BCUT2D eigenvalue weighted by Crippen LogP contribution is -2.30. The molecule has 8 heteroatoms. The summed E-state index contributed by atoms with van der Waals surface area (Å²) < 4.78 is 33.2. The van der Waals surface area contributed by atoms with E-state index in [9.17, 15) is 13.2 Å². The molecule has 2 rings (SSSR count). The Morgan fingerprint density at radius 3 is 2.65 bits per heavy atom. The lowest BCUT2D eigenvalue weighted by molar-refractivity contribution is -0.119. The minimum Gasteiger partial charge on any atom is -0.494 e. The summed E-state index contributed by atoms with van der Waals surface area (Å²) in [5, 5.41) is 4.01. The van der Waals surface area contributed by atoms with Crippen LogP contribution in [0.1, 0.15) is 19.8 Å². The van der Waals surface area contributed by atoms with Crippen molar-refractivity contribution in [1.29, 1.82) is 0 Å². The van der Waals surface area contributed by atoms with Crippen molar-refractivity contribution < 1.29 is 17.9 Å². The van der Waals surface area contributed by atoms with Gasteiger partial charge in [-0.3, -0.25) is 9.48 Å². The summed E-state index contributed by atoms with van der Waals surface area (Å²) in [6.07, 6.45) is 4.05. The van der Waals surface area contributed by atoms with Crippen LogP contribution < -0.4 is 9.46 Å². The molecule has 0 atom stereocenters. The van der Waals surface area contributed by atoms with E-state index in [1.54, 1.807) is 35.3 Å². The van der Waals surface area contributed by atoms with Gasteiger partial charge in [-0.1, -0.05) is 0 Å². The number of sulfonamides is 1. The minimum absolute atomic E-state index is 0.0291. The Hall–Kier alpha value is -2.35. The monoisotopic (exact) mass is 337 g/mol. The molecule has 0 fully saturated rings. The molecule has 0 aliphatic rings. The maximum absolute atomic E-state index is 12.1. The third-order valence-corrected chi connectivity index (χ3v) is 4.43. The number of aromatic nitrogens is 2. The Balaban J connectivity index is 1.87. The highest BCUT2D eigenvalue weighted by Gasteiger charge is 2.17. The molecule has 0 aliphatic carbocycles. The molecule has 2 aromatic rings. The van der Waals surface area contributed by atoms with Gasteiger partial charge in [0.1, 0.15) is 5.75 Å². The summed E-state index contributed by atoms with van der Waals surface area (Å²) in [4.78, 5) is 11.8. The average Bonchev–Trinajstić information content (AvgIpc) is 3.01. The molecule has 1 aromatic carbocycles. The number of aryl methyl sites for hydroxylation is 1. The second-order valence-electron chi connectivity index (χ2n) is 4.81. The van der Waals surface area contributed by atoms with Gasteiger partial charge in [0.25, 0.3) is 10.0 Å². The Labute approximate surface area is 135 Å². The predicted molar refractivity (Wildman–Crippen MR) is 84.4 cm³/mol. The molecule has 1 amide bonds. The third-order valence-electron chi connectivity index (χ3n) is 3.04. The largest absolute Gasteiger partial charge is 0.494 e. The van der Waals surface area contributed by atoms with E-state index in [-0.39, 0.29) is 11.3 Å². The van der Waals surface area contributed by atoms with Gasteiger partial charge in [-0.25, -0.2) is 13.1 Å². The molecule has 7 nitrogen and oxygen atoms in total. The first-order valence-corrected chi connectivity index (χ1v) is 8.75. The first-order chi connectivity index (χ1) is 11.0. The smallest absolute Gasteiger partial charge is 0.264 e. The van der Waals surface area contributed by atoms with Crippen molar-refractivity contribution in [2.45, 2.75) is 31.2 Å². The fraction of sp³-hybridized carbons (Fsp3) is 0.333. The zero-order valence-electron chi connectivity index (χ0n) is 12.8. The molecular weight excluding hydrogens is 318 g/mol. The lowest BCUT2D eigenvalue weighted by Gasteiger charge is -2.08. The highest BCUT2D eigenvalue weighted by Crippen LogP contribution is 2.15. The van der Waals surface area contributed by atoms with Crippen LogP contribution in [0.15, 0.2) is 47.6 Å². The molecule has 124 valence electrons. The van der Waals surface area contributed by atoms with Gasteiger partial charge in [0.05, 0.1) is 11.5 Å².